The van der Waals surface area contributed by atoms with Crippen LogP contribution in [0.2, 0.25) is 0 Å². The molecule has 1 saturated carbocycles. The molecule has 1 fully saturated rings. The molecule has 1 aromatic heterocycles. The van der Waals surface area contributed by atoms with E-state index in [0.717, 1.165) is 12.6 Å². The van der Waals surface area contributed by atoms with Crippen molar-refractivity contribution in [2.24, 2.45) is 0 Å². The molecule has 82 valence electrons. The molecule has 0 bridgehead atoms. The molecular formula is C10H15N3OS. The van der Waals surface area contributed by atoms with Crippen LogP contribution in [-0.4, -0.2) is 42.0 Å². The second kappa shape index (κ2) is 4.72. The van der Waals surface area contributed by atoms with Crippen molar-refractivity contribution in [1.82, 2.24) is 15.2 Å². The smallest absolute Gasteiger partial charge is 0.270 e. The van der Waals surface area contributed by atoms with Crippen LogP contribution >= 0.6 is 11.3 Å². The Morgan fingerprint density at radius 1 is 1.73 bits per heavy atom. The maximum Gasteiger partial charge on any atom is 0.270 e. The highest BCUT2D eigenvalue weighted by Gasteiger charge is 2.25. The summed E-state index contributed by atoms with van der Waals surface area (Å²) in [6.07, 6.45) is 2.60. The second-order valence-corrected chi connectivity index (χ2v) is 4.56. The average Bonchev–Trinajstić information content (AvgIpc) is 2.93. The van der Waals surface area contributed by atoms with Gasteiger partial charge in [0.1, 0.15) is 5.69 Å². The van der Waals surface area contributed by atoms with Crippen LogP contribution in [0, 0.1) is 0 Å². The van der Waals surface area contributed by atoms with Gasteiger partial charge in [-0.25, -0.2) is 4.98 Å². The molecule has 0 saturated heterocycles. The molecule has 2 rings (SSSR count). The summed E-state index contributed by atoms with van der Waals surface area (Å²) in [6.45, 7) is 1.61. The summed E-state index contributed by atoms with van der Waals surface area (Å²) in [5.74, 6) is -0.0690. The van der Waals surface area contributed by atoms with Crippen LogP contribution in [-0.2, 0) is 0 Å². The summed E-state index contributed by atoms with van der Waals surface area (Å²) >= 11 is 1.44. The molecule has 5 heteroatoms. The van der Waals surface area contributed by atoms with Gasteiger partial charge in [0, 0.05) is 24.5 Å². The summed E-state index contributed by atoms with van der Waals surface area (Å²) < 4.78 is 0. The quantitative estimate of drug-likeness (QED) is 0.812. The van der Waals surface area contributed by atoms with Crippen molar-refractivity contribution in [2.75, 3.05) is 20.1 Å². The average molecular weight is 225 g/mol. The lowest BCUT2D eigenvalue weighted by atomic mass is 10.4. The van der Waals surface area contributed by atoms with Crippen molar-refractivity contribution in [2.45, 2.75) is 18.9 Å². The molecule has 0 unspecified atom stereocenters. The molecule has 1 aliphatic carbocycles. The number of thiazole rings is 1. The lowest BCUT2D eigenvalue weighted by molar-refractivity contribution is 0.0945. The number of carbonyl (C=O) groups is 1. The fraction of sp³-hybridized carbons (Fsp3) is 0.600. The van der Waals surface area contributed by atoms with Crippen LogP contribution in [0.5, 0.6) is 0 Å². The number of hydrogen-bond donors (Lipinski definition) is 1. The Morgan fingerprint density at radius 3 is 3.13 bits per heavy atom. The van der Waals surface area contributed by atoms with Crippen LogP contribution in [0.4, 0.5) is 0 Å². The lowest BCUT2D eigenvalue weighted by Gasteiger charge is -2.15. The SMILES string of the molecule is CN(CCNC(=O)c1cscn1)C1CC1. The molecule has 0 radical (unpaired) electrons. The van der Waals surface area contributed by atoms with Crippen molar-refractivity contribution in [3.05, 3.63) is 16.6 Å². The Hall–Kier alpha value is -0.940. The lowest BCUT2D eigenvalue weighted by Crippen LogP contribution is -2.34. The minimum atomic E-state index is -0.0690. The number of aromatic nitrogens is 1. The van der Waals surface area contributed by atoms with Crippen LogP contribution in [0.1, 0.15) is 23.3 Å². The number of hydrogen-bond acceptors (Lipinski definition) is 4. The highest BCUT2D eigenvalue weighted by atomic mass is 32.1. The zero-order valence-electron chi connectivity index (χ0n) is 8.77. The number of amides is 1. The summed E-state index contributed by atoms with van der Waals surface area (Å²) in [6, 6.07) is 0.751. The maximum absolute atomic E-state index is 11.5. The van der Waals surface area contributed by atoms with Gasteiger partial charge >= 0.3 is 0 Å². The van der Waals surface area contributed by atoms with E-state index >= 15 is 0 Å². The Bertz CT molecular complexity index is 321. The van der Waals surface area contributed by atoms with Gasteiger partial charge in [0.05, 0.1) is 5.51 Å². The Morgan fingerprint density at radius 2 is 2.53 bits per heavy atom. The third kappa shape index (κ3) is 3.00. The monoisotopic (exact) mass is 225 g/mol. The van der Waals surface area contributed by atoms with Crippen molar-refractivity contribution < 1.29 is 4.79 Å². The zero-order valence-corrected chi connectivity index (χ0v) is 9.59. The standard InChI is InChI=1S/C10H15N3OS/c1-13(8-2-3-8)5-4-11-10(14)9-6-15-7-12-9/h6-8H,2-5H2,1H3,(H,11,14). The molecule has 1 amide bonds. The van der Waals surface area contributed by atoms with Gasteiger partial charge in [-0.3, -0.25) is 4.79 Å². The first-order valence-corrected chi connectivity index (χ1v) is 6.08. The highest BCUT2D eigenvalue weighted by Crippen LogP contribution is 2.24. The molecule has 1 heterocycles. The normalized spacial score (nSPS) is 15.6. The molecule has 0 atom stereocenters. The van der Waals surface area contributed by atoms with Gasteiger partial charge < -0.3 is 10.2 Å². The molecule has 1 aromatic rings. The van der Waals surface area contributed by atoms with Gasteiger partial charge in [0.15, 0.2) is 0 Å². The number of carbonyl (C=O) groups excluding carboxylic acids is 1. The molecule has 1 N–H and O–H groups in total. The highest BCUT2D eigenvalue weighted by molar-refractivity contribution is 7.07. The Kier molecular flexibility index (Phi) is 3.33. The van der Waals surface area contributed by atoms with Crippen LogP contribution in [0.25, 0.3) is 0 Å². The summed E-state index contributed by atoms with van der Waals surface area (Å²) in [5.41, 5.74) is 2.19. The first kappa shape index (κ1) is 10.6. The summed E-state index contributed by atoms with van der Waals surface area (Å²) in [5, 5.41) is 4.63. The van der Waals surface area contributed by atoms with Crippen molar-refractivity contribution in [3.8, 4) is 0 Å². The van der Waals surface area contributed by atoms with Crippen molar-refractivity contribution in [1.29, 1.82) is 0 Å². The topological polar surface area (TPSA) is 45.2 Å². The predicted molar refractivity (Wildman–Crippen MR) is 60.1 cm³/mol. The number of nitrogens with one attached hydrogen (secondary N) is 1. The van der Waals surface area contributed by atoms with Crippen LogP contribution in [0.15, 0.2) is 10.9 Å². The van der Waals surface area contributed by atoms with Gasteiger partial charge in [-0.1, -0.05) is 0 Å². The van der Waals surface area contributed by atoms with Gasteiger partial charge in [-0.2, -0.15) is 0 Å². The predicted octanol–water partition coefficient (Wildman–Crippen LogP) is 0.967. The van der Waals surface area contributed by atoms with E-state index in [9.17, 15) is 4.79 Å². The zero-order chi connectivity index (χ0) is 10.7. The Balaban J connectivity index is 1.67. The molecule has 1 aliphatic rings. The number of likely N-dealkylation sites (N-methyl/N-ethyl adjacent to an activating group) is 1. The van der Waals surface area contributed by atoms with Crippen molar-refractivity contribution in [3.63, 3.8) is 0 Å². The third-order valence-electron chi connectivity index (χ3n) is 2.59. The van der Waals surface area contributed by atoms with Crippen LogP contribution in [0.3, 0.4) is 0 Å². The van der Waals surface area contributed by atoms with E-state index in [-0.39, 0.29) is 5.91 Å². The van der Waals surface area contributed by atoms with E-state index in [1.54, 1.807) is 10.9 Å². The molecule has 0 aromatic carbocycles. The van der Waals surface area contributed by atoms with Gasteiger partial charge in [-0.15, -0.1) is 11.3 Å². The van der Waals surface area contributed by atoms with E-state index in [2.05, 4.69) is 22.2 Å². The molecule has 4 nitrogen and oxygen atoms in total. The van der Waals surface area contributed by atoms with E-state index in [4.69, 9.17) is 0 Å². The fourth-order valence-electron chi connectivity index (χ4n) is 1.46. The number of rotatable bonds is 5. The second-order valence-electron chi connectivity index (χ2n) is 3.84. The first-order chi connectivity index (χ1) is 7.27. The molecule has 0 spiro atoms. The van der Waals surface area contributed by atoms with Gasteiger partial charge in [-0.05, 0) is 19.9 Å². The Labute approximate surface area is 93.3 Å². The molecular weight excluding hydrogens is 210 g/mol. The van der Waals surface area contributed by atoms with Gasteiger partial charge in [0.2, 0.25) is 0 Å². The maximum atomic E-state index is 11.5. The van der Waals surface area contributed by atoms with E-state index in [1.807, 2.05) is 0 Å². The largest absolute Gasteiger partial charge is 0.349 e. The van der Waals surface area contributed by atoms with E-state index < -0.39 is 0 Å². The molecule has 15 heavy (non-hydrogen) atoms. The third-order valence-corrected chi connectivity index (χ3v) is 3.17. The fourth-order valence-corrected chi connectivity index (χ4v) is 1.99. The van der Waals surface area contributed by atoms with Crippen LogP contribution < -0.4 is 5.32 Å². The summed E-state index contributed by atoms with van der Waals surface area (Å²) in [7, 11) is 2.10. The van der Waals surface area contributed by atoms with Crippen molar-refractivity contribution >= 4 is 17.2 Å². The van der Waals surface area contributed by atoms with E-state index in [0.29, 0.717) is 12.2 Å². The summed E-state index contributed by atoms with van der Waals surface area (Å²) in [4.78, 5) is 17.7. The van der Waals surface area contributed by atoms with E-state index in [1.165, 1.54) is 24.2 Å². The first-order valence-electron chi connectivity index (χ1n) is 5.14. The minimum Gasteiger partial charge on any atom is -0.349 e. The minimum absolute atomic E-state index is 0.0690. The number of nitrogens with zero attached hydrogens (tertiary/aromatic N) is 2. The van der Waals surface area contributed by atoms with Gasteiger partial charge in [0.25, 0.3) is 5.91 Å². The molecule has 0 aliphatic heterocycles.